The smallest absolute Gasteiger partial charge is 0.253 e. The molecule has 0 saturated carbocycles. The minimum Gasteiger partial charge on any atom is -0.497 e. The second kappa shape index (κ2) is 9.10. The molecule has 2 aromatic carbocycles. The number of ether oxygens (including phenoxy) is 2. The fourth-order valence-corrected chi connectivity index (χ4v) is 4.29. The van der Waals surface area contributed by atoms with E-state index in [1.165, 1.54) is 0 Å². The summed E-state index contributed by atoms with van der Waals surface area (Å²) in [6.45, 7) is 4.93. The van der Waals surface area contributed by atoms with Crippen molar-refractivity contribution in [3.8, 4) is 5.75 Å². The summed E-state index contributed by atoms with van der Waals surface area (Å²) in [6.07, 6.45) is -0.0458. The molecule has 2 aliphatic heterocycles. The van der Waals surface area contributed by atoms with Crippen molar-refractivity contribution in [2.45, 2.75) is 25.8 Å². The van der Waals surface area contributed by atoms with Crippen LogP contribution in [0.15, 0.2) is 54.6 Å². The van der Waals surface area contributed by atoms with Crippen molar-refractivity contribution in [3.63, 3.8) is 0 Å². The molecule has 1 amide bonds. The molecule has 5 rings (SSSR count). The molecule has 166 valence electrons. The first-order valence-electron chi connectivity index (χ1n) is 10.9. The summed E-state index contributed by atoms with van der Waals surface area (Å²) in [5, 5.41) is 8.83. The van der Waals surface area contributed by atoms with Gasteiger partial charge in [-0.15, -0.1) is 5.10 Å². The average molecular weight is 434 g/mol. The topological polar surface area (TPSA) is 72.7 Å². The third-order valence-corrected chi connectivity index (χ3v) is 6.22. The first kappa shape index (κ1) is 20.7. The number of piperazine rings is 1. The molecule has 1 fully saturated rings. The third kappa shape index (κ3) is 4.24. The van der Waals surface area contributed by atoms with E-state index in [0.717, 1.165) is 47.9 Å². The monoisotopic (exact) mass is 433 g/mol. The molecule has 0 aliphatic carbocycles. The second-order valence-corrected chi connectivity index (χ2v) is 8.17. The summed E-state index contributed by atoms with van der Waals surface area (Å²) in [5.41, 5.74) is 3.85. The van der Waals surface area contributed by atoms with Crippen molar-refractivity contribution in [3.05, 3.63) is 77.1 Å². The largest absolute Gasteiger partial charge is 0.497 e. The molecule has 32 heavy (non-hydrogen) atoms. The van der Waals surface area contributed by atoms with Gasteiger partial charge in [-0.3, -0.25) is 9.69 Å². The second-order valence-electron chi connectivity index (χ2n) is 8.17. The van der Waals surface area contributed by atoms with E-state index in [0.29, 0.717) is 26.2 Å². The first-order valence-corrected chi connectivity index (χ1v) is 10.9. The van der Waals surface area contributed by atoms with Crippen LogP contribution in [0, 0.1) is 0 Å². The molecule has 1 unspecified atom stereocenters. The first-order chi connectivity index (χ1) is 15.7. The van der Waals surface area contributed by atoms with Crippen molar-refractivity contribution < 1.29 is 14.3 Å². The van der Waals surface area contributed by atoms with E-state index in [9.17, 15) is 4.79 Å². The number of benzene rings is 2. The van der Waals surface area contributed by atoms with E-state index < -0.39 is 0 Å². The number of carbonyl (C=O) groups is 1. The normalized spacial score (nSPS) is 18.9. The Labute approximate surface area is 187 Å². The zero-order valence-electron chi connectivity index (χ0n) is 18.2. The number of amides is 1. The van der Waals surface area contributed by atoms with Crippen LogP contribution in [0.3, 0.4) is 0 Å². The fraction of sp³-hybridized carbons (Fsp3) is 0.375. The predicted octanol–water partition coefficient (Wildman–Crippen LogP) is 2.52. The average Bonchev–Trinajstić information content (AvgIpc) is 3.26. The fourth-order valence-electron chi connectivity index (χ4n) is 4.29. The summed E-state index contributed by atoms with van der Waals surface area (Å²) >= 11 is 0. The number of methoxy groups -OCH3 is 1. The van der Waals surface area contributed by atoms with Gasteiger partial charge in [-0.2, -0.15) is 0 Å². The van der Waals surface area contributed by atoms with Gasteiger partial charge in [-0.1, -0.05) is 35.5 Å². The molecule has 8 heteroatoms. The van der Waals surface area contributed by atoms with Crippen LogP contribution in [-0.2, 0) is 24.4 Å². The van der Waals surface area contributed by atoms with Crippen molar-refractivity contribution in [2.75, 3.05) is 33.3 Å². The molecule has 1 aromatic heterocycles. The Bertz CT molecular complexity index is 1060. The molecular weight excluding hydrogens is 406 g/mol. The van der Waals surface area contributed by atoms with Crippen molar-refractivity contribution in [1.29, 1.82) is 0 Å². The maximum Gasteiger partial charge on any atom is 0.253 e. The molecule has 0 spiro atoms. The molecule has 1 atom stereocenters. The number of carbonyl (C=O) groups excluding carboxylic acids is 1. The number of fused-ring (bicyclic) bond motifs is 1. The van der Waals surface area contributed by atoms with Gasteiger partial charge >= 0.3 is 0 Å². The highest BCUT2D eigenvalue weighted by Crippen LogP contribution is 2.28. The van der Waals surface area contributed by atoms with Gasteiger partial charge in [0.05, 0.1) is 26.0 Å². The van der Waals surface area contributed by atoms with Gasteiger partial charge in [0, 0.05) is 38.3 Å². The Balaban J connectivity index is 1.18. The van der Waals surface area contributed by atoms with Crippen molar-refractivity contribution in [1.82, 2.24) is 24.8 Å². The van der Waals surface area contributed by atoms with Gasteiger partial charge in [0.2, 0.25) is 0 Å². The van der Waals surface area contributed by atoms with Crippen LogP contribution in [0.4, 0.5) is 0 Å². The summed E-state index contributed by atoms with van der Waals surface area (Å²) in [5.74, 6) is 0.933. The molecule has 8 nitrogen and oxygen atoms in total. The highest BCUT2D eigenvalue weighted by molar-refractivity contribution is 5.94. The number of aromatic nitrogens is 3. The summed E-state index contributed by atoms with van der Waals surface area (Å²) in [4.78, 5) is 16.9. The van der Waals surface area contributed by atoms with Crippen LogP contribution in [0.1, 0.15) is 33.4 Å². The number of nitrogens with zero attached hydrogens (tertiary/aromatic N) is 5. The van der Waals surface area contributed by atoms with Crippen molar-refractivity contribution >= 4 is 5.91 Å². The van der Waals surface area contributed by atoms with Gasteiger partial charge in [-0.05, 0) is 29.8 Å². The third-order valence-electron chi connectivity index (χ3n) is 6.22. The lowest BCUT2D eigenvalue weighted by Gasteiger charge is -2.34. The maximum atomic E-state index is 12.7. The molecule has 0 radical (unpaired) electrons. The Kier molecular flexibility index (Phi) is 5.87. The molecule has 1 saturated heterocycles. The van der Waals surface area contributed by atoms with E-state index in [2.05, 4.69) is 15.2 Å². The highest BCUT2D eigenvalue weighted by Gasteiger charge is 2.27. The minimum atomic E-state index is -0.0458. The predicted molar refractivity (Wildman–Crippen MR) is 118 cm³/mol. The Morgan fingerprint density at radius 3 is 2.53 bits per heavy atom. The molecule has 0 N–H and O–H groups in total. The molecular formula is C24H27N5O3. The maximum absolute atomic E-state index is 12.7. The number of rotatable bonds is 5. The van der Waals surface area contributed by atoms with Gasteiger partial charge in [0.1, 0.15) is 17.5 Å². The SMILES string of the molecule is COc1ccc(C2Cn3nnc(CN4CCN(C(=O)c5ccccc5)CC4)c3CO2)cc1. The van der Waals surface area contributed by atoms with Crippen LogP contribution < -0.4 is 4.74 Å². The van der Waals surface area contributed by atoms with Crippen LogP contribution in [0.25, 0.3) is 0 Å². The zero-order chi connectivity index (χ0) is 21.9. The molecule has 0 bridgehead atoms. The van der Waals surface area contributed by atoms with Crippen LogP contribution in [0.5, 0.6) is 5.75 Å². The van der Waals surface area contributed by atoms with Crippen LogP contribution in [-0.4, -0.2) is 64.0 Å². The van der Waals surface area contributed by atoms with E-state index in [1.807, 2.05) is 64.2 Å². The zero-order valence-corrected chi connectivity index (χ0v) is 18.2. The Hall–Kier alpha value is -3.23. The van der Waals surface area contributed by atoms with Gasteiger partial charge in [-0.25, -0.2) is 4.68 Å². The van der Waals surface area contributed by atoms with E-state index >= 15 is 0 Å². The van der Waals surface area contributed by atoms with E-state index in [4.69, 9.17) is 9.47 Å². The lowest BCUT2D eigenvalue weighted by molar-refractivity contribution is -0.00223. The molecule has 3 aromatic rings. The van der Waals surface area contributed by atoms with Gasteiger partial charge < -0.3 is 14.4 Å². The number of hydrogen-bond donors (Lipinski definition) is 0. The summed E-state index contributed by atoms with van der Waals surface area (Å²) in [6, 6.07) is 17.4. The number of hydrogen-bond acceptors (Lipinski definition) is 6. The summed E-state index contributed by atoms with van der Waals surface area (Å²) in [7, 11) is 1.66. The van der Waals surface area contributed by atoms with E-state index in [1.54, 1.807) is 7.11 Å². The van der Waals surface area contributed by atoms with Gasteiger partial charge in [0.25, 0.3) is 5.91 Å². The molecule has 2 aliphatic rings. The van der Waals surface area contributed by atoms with Crippen molar-refractivity contribution in [2.24, 2.45) is 0 Å². The standard InChI is InChI=1S/C24H27N5O3/c1-31-20-9-7-18(8-10-20)23-16-29-22(17-32-23)21(25-26-29)15-27-11-13-28(14-12-27)24(30)19-5-3-2-4-6-19/h2-10,23H,11-17H2,1H3. The lowest BCUT2D eigenvalue weighted by atomic mass is 10.1. The molecule has 3 heterocycles. The quantitative estimate of drug-likeness (QED) is 0.616. The Morgan fingerprint density at radius 2 is 1.81 bits per heavy atom. The summed E-state index contributed by atoms with van der Waals surface area (Å²) < 4.78 is 13.3. The lowest BCUT2D eigenvalue weighted by Crippen LogP contribution is -2.48. The van der Waals surface area contributed by atoms with E-state index in [-0.39, 0.29) is 12.0 Å². The Morgan fingerprint density at radius 1 is 1.06 bits per heavy atom. The highest BCUT2D eigenvalue weighted by atomic mass is 16.5. The van der Waals surface area contributed by atoms with Crippen LogP contribution >= 0.6 is 0 Å². The minimum absolute atomic E-state index is 0.0458. The van der Waals surface area contributed by atoms with Gasteiger partial charge in [0.15, 0.2) is 0 Å². The van der Waals surface area contributed by atoms with Crippen LogP contribution in [0.2, 0.25) is 0 Å².